The van der Waals surface area contributed by atoms with E-state index < -0.39 is 23.7 Å². The van der Waals surface area contributed by atoms with Gasteiger partial charge in [-0.05, 0) is 26.0 Å². The summed E-state index contributed by atoms with van der Waals surface area (Å²) < 4.78 is 19.5. The average molecular weight is 396 g/mol. The number of nitrogen functional groups attached to an aromatic ring is 1. The molecule has 2 unspecified atom stereocenters. The van der Waals surface area contributed by atoms with Gasteiger partial charge in [-0.1, -0.05) is 35.0 Å². The minimum Gasteiger partial charge on any atom is -0.482 e. The molecule has 0 spiro atoms. The number of hydrogen-bond donors (Lipinski definition) is 2. The van der Waals surface area contributed by atoms with Crippen LogP contribution in [0.4, 0.5) is 10.2 Å². The third-order valence-electron chi connectivity index (χ3n) is 3.53. The van der Waals surface area contributed by atoms with E-state index in [0.717, 1.165) is 0 Å². The minimum atomic E-state index is -0.692. The van der Waals surface area contributed by atoms with Crippen LogP contribution < -0.4 is 16.2 Å². The summed E-state index contributed by atoms with van der Waals surface area (Å²) in [6, 6.07) is 4.13. The number of aromatic nitrogens is 1. The molecule has 4 N–H and O–H groups in total. The molecule has 0 aliphatic heterocycles. The van der Waals surface area contributed by atoms with Gasteiger partial charge in [-0.15, -0.1) is 0 Å². The monoisotopic (exact) mass is 395 g/mol. The van der Waals surface area contributed by atoms with Gasteiger partial charge in [-0.2, -0.15) is 0 Å². The first kappa shape index (κ1) is 19.8. The predicted octanol–water partition coefficient (Wildman–Crippen LogP) is 3.72. The molecule has 2 atom stereocenters. The first-order chi connectivity index (χ1) is 12.2. The van der Waals surface area contributed by atoms with Gasteiger partial charge in [0.1, 0.15) is 11.9 Å². The molecule has 1 heterocycles. The molecule has 0 saturated heterocycles. The van der Waals surface area contributed by atoms with Gasteiger partial charge in [0, 0.05) is 28.4 Å². The Bertz CT molecular complexity index is 909. The third-order valence-corrected chi connectivity index (χ3v) is 4.24. The molecule has 1 aromatic carbocycles. The van der Waals surface area contributed by atoms with Crippen LogP contribution in [-0.4, -0.2) is 10.9 Å². The summed E-state index contributed by atoms with van der Waals surface area (Å²) in [4.78, 5) is 15.0. The third kappa shape index (κ3) is 4.57. The molecular formula is C18H16Cl2FN3O2. The number of amides is 1. The van der Waals surface area contributed by atoms with Crippen molar-refractivity contribution in [1.82, 2.24) is 4.98 Å². The predicted molar refractivity (Wildman–Crippen MR) is 99.3 cm³/mol. The first-order valence-corrected chi connectivity index (χ1v) is 8.32. The van der Waals surface area contributed by atoms with Gasteiger partial charge in [0.05, 0.1) is 10.9 Å². The van der Waals surface area contributed by atoms with E-state index in [2.05, 4.69) is 16.8 Å². The van der Waals surface area contributed by atoms with Crippen LogP contribution in [0.25, 0.3) is 0 Å². The second kappa shape index (κ2) is 8.26. The SMILES string of the molecule is CC(C#Cc1cnc(N)c(OC(C)c2c(Cl)ccc(F)c2Cl)c1)C(N)=O. The smallest absolute Gasteiger partial charge is 0.232 e. The molecule has 0 fully saturated rings. The Balaban J connectivity index is 2.31. The number of primary amides is 1. The molecule has 26 heavy (non-hydrogen) atoms. The molecule has 2 aromatic rings. The number of nitrogens with two attached hydrogens (primary N) is 2. The van der Waals surface area contributed by atoms with E-state index in [1.165, 1.54) is 18.3 Å². The molecule has 0 aliphatic carbocycles. The number of carbonyl (C=O) groups is 1. The van der Waals surface area contributed by atoms with Crippen LogP contribution in [0.1, 0.15) is 31.1 Å². The molecule has 1 aromatic heterocycles. The molecule has 0 bridgehead atoms. The second-order valence-corrected chi connectivity index (χ2v) is 6.30. The maximum absolute atomic E-state index is 13.7. The standard InChI is InChI=1S/C18H16Cl2FN3O2/c1-9(18(23)25)3-4-11-7-14(17(22)24-8-11)26-10(2)15-12(19)5-6-13(21)16(15)20/h5-10H,1-2H3,(H2,22,24)(H2,23,25). The maximum atomic E-state index is 13.7. The Hall–Kier alpha value is -2.49. The van der Waals surface area contributed by atoms with Crippen molar-refractivity contribution in [3.63, 3.8) is 0 Å². The van der Waals surface area contributed by atoms with Crippen molar-refractivity contribution in [2.75, 3.05) is 5.73 Å². The number of carbonyl (C=O) groups excluding carboxylic acids is 1. The number of halogens is 3. The molecule has 8 heteroatoms. The normalized spacial score (nSPS) is 12.7. The zero-order chi connectivity index (χ0) is 19.4. The quantitative estimate of drug-likeness (QED) is 0.609. The van der Waals surface area contributed by atoms with Crippen LogP contribution in [0.15, 0.2) is 24.4 Å². The van der Waals surface area contributed by atoms with Crippen LogP contribution in [-0.2, 0) is 4.79 Å². The molecule has 0 radical (unpaired) electrons. The van der Waals surface area contributed by atoms with E-state index in [9.17, 15) is 9.18 Å². The first-order valence-electron chi connectivity index (χ1n) is 7.57. The number of nitrogens with zero attached hydrogens (tertiary/aromatic N) is 1. The van der Waals surface area contributed by atoms with Gasteiger partial charge in [-0.25, -0.2) is 9.37 Å². The van der Waals surface area contributed by atoms with Crippen LogP contribution in [0.3, 0.4) is 0 Å². The lowest BCUT2D eigenvalue weighted by atomic mass is 10.1. The highest BCUT2D eigenvalue weighted by Gasteiger charge is 2.19. The number of benzene rings is 1. The Morgan fingerprint density at radius 3 is 2.69 bits per heavy atom. The number of ether oxygens (including phenoxy) is 1. The lowest BCUT2D eigenvalue weighted by Crippen LogP contribution is -2.18. The molecule has 1 amide bonds. The van der Waals surface area contributed by atoms with Crippen LogP contribution in [0.2, 0.25) is 10.0 Å². The largest absolute Gasteiger partial charge is 0.482 e. The topological polar surface area (TPSA) is 91.2 Å². The highest BCUT2D eigenvalue weighted by molar-refractivity contribution is 6.36. The number of pyridine rings is 1. The maximum Gasteiger partial charge on any atom is 0.232 e. The molecular weight excluding hydrogens is 380 g/mol. The summed E-state index contributed by atoms with van der Waals surface area (Å²) >= 11 is 12.1. The molecule has 5 nitrogen and oxygen atoms in total. The fourth-order valence-corrected chi connectivity index (χ4v) is 2.72. The number of anilines is 1. The molecule has 0 aliphatic rings. The van der Waals surface area contributed by atoms with Crippen LogP contribution >= 0.6 is 23.2 Å². The van der Waals surface area contributed by atoms with Crippen molar-refractivity contribution in [3.8, 4) is 17.6 Å². The Morgan fingerprint density at radius 1 is 1.35 bits per heavy atom. The van der Waals surface area contributed by atoms with E-state index in [4.69, 9.17) is 39.4 Å². The van der Waals surface area contributed by atoms with Gasteiger partial charge in [0.25, 0.3) is 0 Å². The highest BCUT2D eigenvalue weighted by atomic mass is 35.5. The Morgan fingerprint density at radius 2 is 2.04 bits per heavy atom. The lowest BCUT2D eigenvalue weighted by Gasteiger charge is -2.18. The summed E-state index contributed by atoms with van der Waals surface area (Å²) in [6.07, 6.45) is 0.748. The van der Waals surface area contributed by atoms with Gasteiger partial charge >= 0.3 is 0 Å². The number of hydrogen-bond acceptors (Lipinski definition) is 4. The average Bonchev–Trinajstić information content (AvgIpc) is 2.58. The summed E-state index contributed by atoms with van der Waals surface area (Å²) in [5.41, 5.74) is 11.8. The lowest BCUT2D eigenvalue weighted by molar-refractivity contribution is -0.119. The highest BCUT2D eigenvalue weighted by Crippen LogP contribution is 2.35. The second-order valence-electron chi connectivity index (χ2n) is 5.52. The summed E-state index contributed by atoms with van der Waals surface area (Å²) in [6.45, 7) is 3.24. The van der Waals surface area contributed by atoms with Gasteiger partial charge in [0.15, 0.2) is 11.6 Å². The zero-order valence-corrected chi connectivity index (χ0v) is 15.5. The number of rotatable bonds is 4. The van der Waals surface area contributed by atoms with Crippen molar-refractivity contribution < 1.29 is 13.9 Å². The van der Waals surface area contributed by atoms with E-state index >= 15 is 0 Å². The summed E-state index contributed by atoms with van der Waals surface area (Å²) in [5.74, 6) is 4.09. The summed E-state index contributed by atoms with van der Waals surface area (Å²) in [5, 5.41) is 0.143. The van der Waals surface area contributed by atoms with E-state index in [0.29, 0.717) is 11.1 Å². The van der Waals surface area contributed by atoms with Crippen molar-refractivity contribution >= 4 is 34.9 Å². The van der Waals surface area contributed by atoms with Crippen molar-refractivity contribution in [1.29, 1.82) is 0 Å². The van der Waals surface area contributed by atoms with Gasteiger partial charge < -0.3 is 16.2 Å². The Kier molecular flexibility index (Phi) is 6.30. The molecule has 0 saturated carbocycles. The minimum absolute atomic E-state index is 0.119. The van der Waals surface area contributed by atoms with E-state index in [1.807, 2.05) is 0 Å². The summed E-state index contributed by atoms with van der Waals surface area (Å²) in [7, 11) is 0. The van der Waals surface area contributed by atoms with Gasteiger partial charge in [0.2, 0.25) is 5.91 Å². The molecule has 2 rings (SSSR count). The van der Waals surface area contributed by atoms with Crippen LogP contribution in [0, 0.1) is 23.6 Å². The zero-order valence-electron chi connectivity index (χ0n) is 14.0. The van der Waals surface area contributed by atoms with Crippen LogP contribution in [0.5, 0.6) is 5.75 Å². The van der Waals surface area contributed by atoms with Crippen molar-refractivity contribution in [2.24, 2.45) is 11.7 Å². The van der Waals surface area contributed by atoms with E-state index in [-0.39, 0.29) is 21.6 Å². The molecule has 136 valence electrons. The van der Waals surface area contributed by atoms with Crippen molar-refractivity contribution in [2.45, 2.75) is 20.0 Å². The fourth-order valence-electron chi connectivity index (χ4n) is 2.05. The van der Waals surface area contributed by atoms with E-state index in [1.54, 1.807) is 19.9 Å². The van der Waals surface area contributed by atoms with Crippen molar-refractivity contribution in [3.05, 3.63) is 51.4 Å². The van der Waals surface area contributed by atoms with Gasteiger partial charge in [-0.3, -0.25) is 4.79 Å². The fraction of sp³-hybridized carbons (Fsp3) is 0.222. The Labute approximate surface area is 160 Å².